The summed E-state index contributed by atoms with van der Waals surface area (Å²) in [4.78, 5) is 168. The van der Waals surface area contributed by atoms with E-state index in [1.54, 1.807) is 24.5 Å². The Morgan fingerprint density at radius 2 is 0.579 bits per heavy atom. The van der Waals surface area contributed by atoms with Gasteiger partial charge in [0.2, 0.25) is 41.4 Å². The minimum atomic E-state index is -0.359. The van der Waals surface area contributed by atoms with Crippen LogP contribution in [-0.4, -0.2) is 250 Å². The summed E-state index contributed by atoms with van der Waals surface area (Å²) in [6, 6.07) is 0.0533. The molecule has 0 aromatic carbocycles. The van der Waals surface area contributed by atoms with Gasteiger partial charge in [-0.3, -0.25) is 67.1 Å². The van der Waals surface area contributed by atoms with Crippen molar-refractivity contribution < 1.29 is 100 Å². The van der Waals surface area contributed by atoms with Gasteiger partial charge in [-0.1, -0.05) is 120 Å². The molecule has 7 aliphatic rings. The van der Waals surface area contributed by atoms with Crippen molar-refractivity contribution in [2.75, 3.05) is 98.6 Å². The molecular weight excluding hydrogens is 1550 g/mol. The van der Waals surface area contributed by atoms with Gasteiger partial charge in [0, 0.05) is 141 Å². The van der Waals surface area contributed by atoms with E-state index in [4.69, 9.17) is 33.2 Å². The lowest BCUT2D eigenvalue weighted by atomic mass is 9.72. The van der Waals surface area contributed by atoms with Crippen molar-refractivity contribution in [1.82, 2.24) is 34.3 Å². The first kappa shape index (κ1) is 132. The Hall–Kier alpha value is -9.24. The van der Waals surface area contributed by atoms with Crippen LogP contribution < -0.4 is 0 Å². The molecule has 7 rings (SSSR count). The van der Waals surface area contributed by atoms with Crippen molar-refractivity contribution in [3.8, 4) is 0 Å². The van der Waals surface area contributed by atoms with Crippen molar-refractivity contribution in [2.45, 2.75) is 302 Å². The molecule has 0 saturated carbocycles. The number of likely N-dealkylation sites (tertiary alicyclic amines) is 7. The molecule has 5 atom stereocenters. The first-order valence-corrected chi connectivity index (χ1v) is 38.4. The highest BCUT2D eigenvalue weighted by Gasteiger charge is 2.50. The van der Waals surface area contributed by atoms with Crippen LogP contribution in [0.3, 0.4) is 0 Å². The molecule has 28 heteroatoms. The number of carbonyl (C=O) groups is 14. The summed E-state index contributed by atoms with van der Waals surface area (Å²) in [6.07, 6.45) is 22.3. The Kier molecular flexibility index (Phi) is 72.7. The molecule has 0 spiro atoms. The van der Waals surface area contributed by atoms with Gasteiger partial charge in [-0.05, 0) is 200 Å². The first-order chi connectivity index (χ1) is 51.9. The van der Waals surface area contributed by atoms with Gasteiger partial charge < -0.3 is 67.5 Å². The molecule has 0 bridgehead atoms. The van der Waals surface area contributed by atoms with Crippen molar-refractivity contribution in [3.63, 3.8) is 0 Å². The summed E-state index contributed by atoms with van der Waals surface area (Å²) < 4.78 is 34.9. The van der Waals surface area contributed by atoms with Crippen LogP contribution >= 0.6 is 0 Å². The zero-order chi connectivity index (χ0) is 84.6. The van der Waals surface area contributed by atoms with Crippen LogP contribution in [0.5, 0.6) is 0 Å². The van der Waals surface area contributed by atoms with Crippen LogP contribution in [-0.2, 0) is 100 Å². The fraction of sp³-hybridized carbons (Fsp3) is 0.699. The van der Waals surface area contributed by atoms with Crippen LogP contribution in [0.1, 0.15) is 268 Å². The lowest BCUT2D eigenvalue weighted by Crippen LogP contribution is -2.64. The number of nitrogens with zero attached hydrogens (tertiary/aromatic N) is 7. The van der Waals surface area contributed by atoms with Crippen LogP contribution in [0.2, 0.25) is 0 Å². The molecule has 7 aliphatic heterocycles. The second kappa shape index (κ2) is 66.4. The largest absolute Gasteiger partial charge is 0.466 e. The van der Waals surface area contributed by atoms with E-state index in [1.165, 1.54) is 91.0 Å². The summed E-state index contributed by atoms with van der Waals surface area (Å²) in [7, 11) is 0. The third-order valence-electron chi connectivity index (χ3n) is 20.2. The van der Waals surface area contributed by atoms with E-state index in [1.807, 2.05) is 23.6 Å². The maximum atomic E-state index is 12.2. The van der Waals surface area contributed by atoms with E-state index in [0.29, 0.717) is 65.3 Å². The Bertz CT molecular complexity index is 3190. The number of ether oxygens (including phenoxy) is 7. The van der Waals surface area contributed by atoms with Gasteiger partial charge in [-0.25, -0.2) is 0 Å². The number of esters is 7. The summed E-state index contributed by atoms with van der Waals surface area (Å²) in [5.41, 5.74) is -1.10. The fourth-order valence-electron chi connectivity index (χ4n) is 15.1. The van der Waals surface area contributed by atoms with Crippen molar-refractivity contribution >= 4 is 83.1 Å². The van der Waals surface area contributed by atoms with E-state index in [2.05, 4.69) is 87.6 Å². The third kappa shape index (κ3) is 48.9. The quantitative estimate of drug-likeness (QED) is 0.0585. The van der Waals surface area contributed by atoms with E-state index in [9.17, 15) is 67.1 Å². The van der Waals surface area contributed by atoms with E-state index in [-0.39, 0.29) is 215 Å². The second-order valence-corrected chi connectivity index (χ2v) is 31.0. The molecular formula is C93H171N7O21. The molecule has 5 unspecified atom stereocenters. The summed E-state index contributed by atoms with van der Waals surface area (Å²) in [5.74, 6) is -0.890. The van der Waals surface area contributed by atoms with Crippen LogP contribution in [0.25, 0.3) is 0 Å². The topological polar surface area (TPSA) is 326 Å². The average molecular weight is 1720 g/mol. The van der Waals surface area contributed by atoms with Gasteiger partial charge in [-0.15, -0.1) is 0 Å². The standard InChI is InChI=1S/2C15H25NO3.3C11H17NO3.2C10H15NO3.10CH4/c1-7-13(18)16-14(3,4)8-12(9-15(16,5)6)10-19-11(2)17;1-7-13(18)16-14(3,4)9-8-12(15(16,5)6)10-19-11(2)17;1-3-11(14)12-6-4-10(5-7-12)8-15-9(2)13;1-3-11(14)12-6-4-5-10(7-12)8-15-9(2)13;1-3-11(14)12-7-5-4-6-10(12)8-15-9(2)13;1-3-10(13)11-5-4-9(6-11)7-14-8(2)12;1-3-10(13)11-6-4-5-9(11)7-14-8(2)12;;;;;;;;;;/h2*7,12H,1,8-10H2,2-6H3;3*3,10H,1,4-8H2,2H3;2*3,9H,1,4-7H2,2H3;10*1H4. The Morgan fingerprint density at radius 3 is 0.959 bits per heavy atom. The van der Waals surface area contributed by atoms with Crippen molar-refractivity contribution in [1.29, 1.82) is 0 Å². The molecule has 28 nitrogen and oxygen atoms in total. The average Bonchev–Trinajstić information content (AvgIpc) is 1.02. The SMILES string of the molecule is C.C.C.C.C.C.C.C.C.C.C=CC(=O)N1C(C)(C)CC(COC(C)=O)CC1(C)C.C=CC(=O)N1C(C)(C)CCC(COC(C)=O)C1(C)C.C=CC(=O)N1CCC(COC(C)=O)C1.C=CC(=O)N1CCC(COC(C)=O)CC1.C=CC(=O)N1CCCC(COC(C)=O)C1.C=CC(=O)N1CCCC1COC(C)=O.C=CC(=O)N1CCCCC1COC(C)=O. The highest BCUT2D eigenvalue weighted by atomic mass is 16.6. The number of amides is 7. The Morgan fingerprint density at radius 1 is 0.289 bits per heavy atom. The number of hydrogen-bond donors (Lipinski definition) is 0. The molecule has 7 heterocycles. The molecule has 7 amide bonds. The lowest BCUT2D eigenvalue weighted by Gasteiger charge is -2.56. The summed E-state index contributed by atoms with van der Waals surface area (Å²) in [5, 5.41) is 0. The van der Waals surface area contributed by atoms with Crippen LogP contribution in [0, 0.1) is 29.6 Å². The van der Waals surface area contributed by atoms with E-state index < -0.39 is 0 Å². The molecule has 0 aliphatic carbocycles. The monoisotopic (exact) mass is 1720 g/mol. The minimum absolute atomic E-state index is 0. The fourth-order valence-corrected chi connectivity index (χ4v) is 15.1. The van der Waals surface area contributed by atoms with E-state index >= 15 is 0 Å². The number of piperidine rings is 5. The summed E-state index contributed by atoms with van der Waals surface area (Å²) >= 11 is 0. The van der Waals surface area contributed by atoms with Gasteiger partial charge in [0.25, 0.3) is 0 Å². The van der Waals surface area contributed by atoms with E-state index in [0.717, 1.165) is 129 Å². The smallest absolute Gasteiger partial charge is 0.302 e. The zero-order valence-electron chi connectivity index (χ0n) is 69.2. The molecule has 7 fully saturated rings. The molecule has 0 aromatic rings. The van der Waals surface area contributed by atoms with Gasteiger partial charge in [0.05, 0.1) is 45.1 Å². The predicted molar refractivity (Wildman–Crippen MR) is 488 cm³/mol. The normalized spacial score (nSPS) is 19.4. The second-order valence-electron chi connectivity index (χ2n) is 31.0. The maximum Gasteiger partial charge on any atom is 0.302 e. The van der Waals surface area contributed by atoms with Gasteiger partial charge >= 0.3 is 41.8 Å². The van der Waals surface area contributed by atoms with Gasteiger partial charge in [0.1, 0.15) is 13.2 Å². The molecule has 121 heavy (non-hydrogen) atoms. The molecule has 704 valence electrons. The number of carbonyl (C=O) groups excluding carboxylic acids is 14. The number of rotatable bonds is 21. The van der Waals surface area contributed by atoms with Gasteiger partial charge in [-0.2, -0.15) is 0 Å². The molecule has 0 radical (unpaired) electrons. The highest BCUT2D eigenvalue weighted by molar-refractivity contribution is 5.90. The Labute approximate surface area is 733 Å². The first-order valence-electron chi connectivity index (χ1n) is 38.4. The van der Waals surface area contributed by atoms with Gasteiger partial charge in [0.15, 0.2) is 0 Å². The summed E-state index contributed by atoms with van der Waals surface area (Å²) in [6.45, 7) is 59.1. The number of hydrogen-bond acceptors (Lipinski definition) is 21. The third-order valence-corrected chi connectivity index (χ3v) is 20.2. The Balaban J connectivity index is -0.000000147. The van der Waals surface area contributed by atoms with Crippen molar-refractivity contribution in [3.05, 3.63) is 88.6 Å². The van der Waals surface area contributed by atoms with Crippen LogP contribution in [0.4, 0.5) is 0 Å². The molecule has 0 aromatic heterocycles. The van der Waals surface area contributed by atoms with Crippen molar-refractivity contribution in [2.24, 2.45) is 29.6 Å². The zero-order valence-corrected chi connectivity index (χ0v) is 69.2. The molecule has 0 N–H and O–H groups in total. The molecule has 7 saturated heterocycles. The predicted octanol–water partition coefficient (Wildman–Crippen LogP) is 15.8. The van der Waals surface area contributed by atoms with Crippen LogP contribution in [0.15, 0.2) is 88.6 Å². The highest BCUT2D eigenvalue weighted by Crippen LogP contribution is 2.43. The minimum Gasteiger partial charge on any atom is -0.466 e. The maximum absolute atomic E-state index is 12.2. The lowest BCUT2D eigenvalue weighted by molar-refractivity contribution is -0.156.